The number of aromatic nitrogens is 1. The number of rotatable bonds is 6. The molecule has 24 heavy (non-hydrogen) atoms. The maximum absolute atomic E-state index is 11.3. The summed E-state index contributed by atoms with van der Waals surface area (Å²) in [5.74, 6) is 0.927. The lowest BCUT2D eigenvalue weighted by atomic mass is 10.0. The molecule has 1 aromatic heterocycles. The van der Waals surface area contributed by atoms with Crippen LogP contribution in [0.4, 0.5) is 5.82 Å². The van der Waals surface area contributed by atoms with Gasteiger partial charge in [0.25, 0.3) is 5.91 Å². The first-order valence-corrected chi connectivity index (χ1v) is 8.01. The van der Waals surface area contributed by atoms with Gasteiger partial charge in [-0.2, -0.15) is 0 Å². The lowest BCUT2D eigenvalue weighted by Gasteiger charge is -2.18. The zero-order chi connectivity index (χ0) is 16.9. The van der Waals surface area contributed by atoms with Crippen molar-refractivity contribution in [2.45, 2.75) is 6.54 Å². The SMILES string of the molecule is CNCCN(C)Cc1cccc(-c2cnc3c(c2)OCC(=O)N3)c1. The molecule has 6 heteroatoms. The van der Waals surface area contributed by atoms with Crippen molar-refractivity contribution in [1.82, 2.24) is 15.2 Å². The van der Waals surface area contributed by atoms with E-state index in [2.05, 4.69) is 51.8 Å². The molecule has 0 aliphatic carbocycles. The van der Waals surface area contributed by atoms with Crippen molar-refractivity contribution in [2.75, 3.05) is 39.1 Å². The van der Waals surface area contributed by atoms with Gasteiger partial charge in [-0.1, -0.05) is 18.2 Å². The standard InChI is InChI=1S/C18H22N4O2/c1-19-6-7-22(2)11-13-4-3-5-14(8-13)15-9-16-18(20-10-15)21-17(23)12-24-16/h3-5,8-10,19H,6-7,11-12H2,1-2H3,(H,20,21,23). The van der Waals surface area contributed by atoms with E-state index in [1.807, 2.05) is 13.1 Å². The van der Waals surface area contributed by atoms with Crippen LogP contribution in [0.2, 0.25) is 0 Å². The zero-order valence-corrected chi connectivity index (χ0v) is 14.0. The number of fused-ring (bicyclic) bond motifs is 1. The fourth-order valence-corrected chi connectivity index (χ4v) is 2.66. The fourth-order valence-electron chi connectivity index (χ4n) is 2.66. The van der Waals surface area contributed by atoms with Gasteiger partial charge in [-0.15, -0.1) is 0 Å². The number of likely N-dealkylation sites (N-methyl/N-ethyl adjacent to an activating group) is 2. The molecular formula is C18H22N4O2. The lowest BCUT2D eigenvalue weighted by molar-refractivity contribution is -0.118. The summed E-state index contributed by atoms with van der Waals surface area (Å²) >= 11 is 0. The van der Waals surface area contributed by atoms with Crippen LogP contribution in [-0.4, -0.2) is 49.6 Å². The van der Waals surface area contributed by atoms with Gasteiger partial charge in [-0.25, -0.2) is 4.98 Å². The molecule has 0 saturated carbocycles. The highest BCUT2D eigenvalue weighted by molar-refractivity contribution is 5.94. The Labute approximate surface area is 141 Å². The highest BCUT2D eigenvalue weighted by atomic mass is 16.5. The Morgan fingerprint density at radius 3 is 3.04 bits per heavy atom. The van der Waals surface area contributed by atoms with Crippen LogP contribution in [0.3, 0.4) is 0 Å². The predicted molar refractivity (Wildman–Crippen MR) is 94.1 cm³/mol. The second-order valence-corrected chi connectivity index (χ2v) is 5.95. The monoisotopic (exact) mass is 326 g/mol. The van der Waals surface area contributed by atoms with Crippen molar-refractivity contribution in [1.29, 1.82) is 0 Å². The van der Waals surface area contributed by atoms with Crippen LogP contribution in [0.5, 0.6) is 5.75 Å². The molecule has 1 amide bonds. The largest absolute Gasteiger partial charge is 0.480 e. The summed E-state index contributed by atoms with van der Waals surface area (Å²) < 4.78 is 5.45. The van der Waals surface area contributed by atoms with Crippen molar-refractivity contribution in [3.05, 3.63) is 42.1 Å². The second kappa shape index (κ2) is 7.42. The fraction of sp³-hybridized carbons (Fsp3) is 0.333. The van der Waals surface area contributed by atoms with E-state index in [-0.39, 0.29) is 12.5 Å². The molecular weight excluding hydrogens is 304 g/mol. The average molecular weight is 326 g/mol. The summed E-state index contributed by atoms with van der Waals surface area (Å²) in [5, 5.41) is 5.87. The number of benzene rings is 1. The molecule has 1 aromatic carbocycles. The number of carbonyl (C=O) groups excluding carboxylic acids is 1. The smallest absolute Gasteiger partial charge is 0.263 e. The van der Waals surface area contributed by atoms with Gasteiger partial charge in [-0.3, -0.25) is 4.79 Å². The van der Waals surface area contributed by atoms with Crippen LogP contribution >= 0.6 is 0 Å². The van der Waals surface area contributed by atoms with Crippen LogP contribution < -0.4 is 15.4 Å². The van der Waals surface area contributed by atoms with E-state index in [0.717, 1.165) is 30.8 Å². The minimum atomic E-state index is -0.172. The van der Waals surface area contributed by atoms with Gasteiger partial charge in [0.1, 0.15) is 0 Å². The third-order valence-electron chi connectivity index (χ3n) is 3.93. The van der Waals surface area contributed by atoms with E-state index >= 15 is 0 Å². The molecule has 3 rings (SSSR count). The zero-order valence-electron chi connectivity index (χ0n) is 14.0. The molecule has 0 bridgehead atoms. The summed E-state index contributed by atoms with van der Waals surface area (Å²) in [6, 6.07) is 10.3. The number of nitrogens with one attached hydrogen (secondary N) is 2. The number of pyridine rings is 1. The van der Waals surface area contributed by atoms with Crippen molar-refractivity contribution in [3.8, 4) is 16.9 Å². The summed E-state index contributed by atoms with van der Waals surface area (Å²) in [6.07, 6.45) is 1.76. The van der Waals surface area contributed by atoms with Crippen LogP contribution in [-0.2, 0) is 11.3 Å². The third-order valence-corrected chi connectivity index (χ3v) is 3.93. The lowest BCUT2D eigenvalue weighted by Crippen LogP contribution is -2.26. The summed E-state index contributed by atoms with van der Waals surface area (Å²) in [6.45, 7) is 2.89. The normalized spacial score (nSPS) is 13.4. The van der Waals surface area contributed by atoms with Crippen LogP contribution in [0, 0.1) is 0 Å². The van der Waals surface area contributed by atoms with Crippen molar-refractivity contribution < 1.29 is 9.53 Å². The predicted octanol–water partition coefficient (Wildman–Crippen LogP) is 1.73. The van der Waals surface area contributed by atoms with Crippen molar-refractivity contribution >= 4 is 11.7 Å². The Hall–Kier alpha value is -2.44. The number of nitrogens with zero attached hydrogens (tertiary/aromatic N) is 2. The Morgan fingerprint density at radius 1 is 1.33 bits per heavy atom. The number of amides is 1. The molecule has 1 aliphatic heterocycles. The van der Waals surface area contributed by atoms with Crippen molar-refractivity contribution in [3.63, 3.8) is 0 Å². The average Bonchev–Trinajstić information content (AvgIpc) is 2.59. The molecule has 2 N–H and O–H groups in total. The van der Waals surface area contributed by atoms with Crippen molar-refractivity contribution in [2.24, 2.45) is 0 Å². The van der Waals surface area contributed by atoms with Crippen LogP contribution in [0.25, 0.3) is 11.1 Å². The molecule has 2 heterocycles. The summed E-state index contributed by atoms with van der Waals surface area (Å²) in [4.78, 5) is 17.9. The van der Waals surface area contributed by atoms with E-state index in [0.29, 0.717) is 11.6 Å². The molecule has 0 unspecified atom stereocenters. The Morgan fingerprint density at radius 2 is 2.21 bits per heavy atom. The molecule has 0 fully saturated rings. The molecule has 1 aliphatic rings. The van der Waals surface area contributed by atoms with Gasteiger partial charge in [0, 0.05) is 31.4 Å². The minimum Gasteiger partial charge on any atom is -0.480 e. The third kappa shape index (κ3) is 3.90. The van der Waals surface area contributed by atoms with Gasteiger partial charge in [0.05, 0.1) is 0 Å². The number of ether oxygens (including phenoxy) is 1. The van der Waals surface area contributed by atoms with E-state index < -0.39 is 0 Å². The number of anilines is 1. The van der Waals surface area contributed by atoms with Gasteiger partial charge < -0.3 is 20.3 Å². The van der Waals surface area contributed by atoms with Crippen LogP contribution in [0.15, 0.2) is 36.5 Å². The Kier molecular flexibility index (Phi) is 5.08. The van der Waals surface area contributed by atoms with Gasteiger partial charge in [0.15, 0.2) is 18.2 Å². The first-order chi connectivity index (χ1) is 11.7. The Bertz CT molecular complexity index is 733. The molecule has 2 aromatic rings. The van der Waals surface area contributed by atoms with Crippen LogP contribution in [0.1, 0.15) is 5.56 Å². The molecule has 126 valence electrons. The molecule has 0 saturated heterocycles. The summed E-state index contributed by atoms with van der Waals surface area (Å²) in [5.41, 5.74) is 3.31. The van der Waals surface area contributed by atoms with Gasteiger partial charge in [-0.05, 0) is 37.4 Å². The minimum absolute atomic E-state index is 0.0361. The van der Waals surface area contributed by atoms with Gasteiger partial charge >= 0.3 is 0 Å². The van der Waals surface area contributed by atoms with E-state index in [1.165, 1.54) is 5.56 Å². The number of carbonyl (C=O) groups is 1. The molecule has 0 atom stereocenters. The van der Waals surface area contributed by atoms with E-state index in [4.69, 9.17) is 4.74 Å². The van der Waals surface area contributed by atoms with E-state index in [1.54, 1.807) is 6.20 Å². The first-order valence-electron chi connectivity index (χ1n) is 8.01. The number of hydrogen-bond donors (Lipinski definition) is 2. The van der Waals surface area contributed by atoms with E-state index in [9.17, 15) is 4.79 Å². The molecule has 6 nitrogen and oxygen atoms in total. The highest BCUT2D eigenvalue weighted by Crippen LogP contribution is 2.30. The Balaban J connectivity index is 1.78. The maximum atomic E-state index is 11.3. The van der Waals surface area contributed by atoms with Gasteiger partial charge in [0.2, 0.25) is 0 Å². The highest BCUT2D eigenvalue weighted by Gasteiger charge is 2.17. The molecule has 0 spiro atoms. The summed E-state index contributed by atoms with van der Waals surface area (Å²) in [7, 11) is 4.07. The number of hydrogen-bond acceptors (Lipinski definition) is 5. The molecule has 0 radical (unpaired) electrons. The first kappa shape index (κ1) is 16.4. The maximum Gasteiger partial charge on any atom is 0.263 e. The second-order valence-electron chi connectivity index (χ2n) is 5.95. The quantitative estimate of drug-likeness (QED) is 0.846. The topological polar surface area (TPSA) is 66.5 Å².